The number of aromatic hydroxyl groups is 1. The van der Waals surface area contributed by atoms with E-state index in [1.165, 1.54) is 54.6 Å². The molecule has 0 atom stereocenters. The first-order valence-corrected chi connectivity index (χ1v) is 23.5. The first kappa shape index (κ1) is 57.4. The van der Waals surface area contributed by atoms with Crippen molar-refractivity contribution in [1.82, 2.24) is 0 Å². The van der Waals surface area contributed by atoms with Crippen LogP contribution in [0.25, 0.3) is 43.1 Å². The summed E-state index contributed by atoms with van der Waals surface area (Å²) in [6, 6.07) is 25.8. The molecule has 0 amide bonds. The molecule has 8 aromatic carbocycles. The summed E-state index contributed by atoms with van der Waals surface area (Å²) in [5, 5.41) is 36.5. The molecule has 0 aliphatic rings. The molecule has 68 heavy (non-hydrogen) atoms. The molecule has 0 aromatic heterocycles. The molecule has 324 valence electrons. The van der Waals surface area contributed by atoms with Crippen molar-refractivity contribution in [1.29, 1.82) is 0 Å². The van der Waals surface area contributed by atoms with E-state index in [-0.39, 0.29) is 185 Å². The molecule has 0 bridgehead atoms. The molecule has 0 saturated heterocycles. The second-order valence-electron chi connectivity index (χ2n) is 13.7. The van der Waals surface area contributed by atoms with Gasteiger partial charge in [0.25, 0.3) is 0 Å². The fourth-order valence-corrected chi connectivity index (χ4v) is 9.38. The molecule has 28 heteroatoms. The largest absolute Gasteiger partial charge is 1.00 e. The first-order valence-electron chi connectivity index (χ1n) is 17.9. The van der Waals surface area contributed by atoms with E-state index >= 15 is 0 Å². The normalized spacial score (nSPS) is 12.4. The van der Waals surface area contributed by atoms with E-state index in [0.29, 0.717) is 10.8 Å². The minimum Gasteiger partial charge on any atom is -0.744 e. The van der Waals surface area contributed by atoms with Crippen LogP contribution in [-0.4, -0.2) is 57.0 Å². The summed E-state index contributed by atoms with van der Waals surface area (Å²) in [4.78, 5) is -3.14. The Morgan fingerprint density at radius 1 is 0.397 bits per heavy atom. The summed E-state index contributed by atoms with van der Waals surface area (Å²) in [5.41, 5.74) is 5.46. The summed E-state index contributed by atoms with van der Waals surface area (Å²) >= 11 is 0. The van der Waals surface area contributed by atoms with Crippen LogP contribution in [-0.2, 0) is 40.5 Å². The van der Waals surface area contributed by atoms with Crippen LogP contribution in [0.4, 0.5) is 39.8 Å². The topological polar surface area (TPSA) is 349 Å². The van der Waals surface area contributed by atoms with Gasteiger partial charge in [-0.1, -0.05) is 42.5 Å². The van der Waals surface area contributed by atoms with Gasteiger partial charge < -0.3 is 29.1 Å². The van der Waals surface area contributed by atoms with Crippen LogP contribution in [0.3, 0.4) is 0 Å². The molecule has 3 N–H and O–H groups in total. The van der Waals surface area contributed by atoms with Crippen molar-refractivity contribution in [3.05, 3.63) is 121 Å². The number of hydrogen-bond acceptors (Lipinski definition) is 20. The molecule has 0 unspecified atom stereocenters. The standard InChI is InChI=1S/C40H27N7O13S4.4Na/c41-22-8-10-25-21(16-22)17-38(64(58,59)60)39(40(25)48)47-46-34-14-15-35(30-20-24(61(49,50)51)9-11-28(30)34)45-44-33-13-12-32(26-4-1-2-5-27(26)33)43-42-23-18-31-29(37(19-23)63(55,56)57)6-3-7-36(31)62(52,53)54;;;;/h1-20,48H,41H2,(H,49,50,51)(H,52,53,54)(H,55,56,57)(H,58,59,60);;;;/q;4*+1/p-4. The summed E-state index contributed by atoms with van der Waals surface area (Å²) in [7, 11) is -20.5. The molecular weight excluding hydrogens is 1010 g/mol. The minimum absolute atomic E-state index is 0. The number of azo groups is 3. The van der Waals surface area contributed by atoms with E-state index in [0.717, 1.165) is 42.5 Å². The number of nitrogens with zero attached hydrogens (tertiary/aromatic N) is 6. The number of fused-ring (bicyclic) bond motifs is 4. The number of hydrogen-bond donors (Lipinski definition) is 2. The third-order valence-electron chi connectivity index (χ3n) is 9.69. The van der Waals surface area contributed by atoms with Crippen LogP contribution in [0.15, 0.2) is 172 Å². The smallest absolute Gasteiger partial charge is 0.744 e. The summed E-state index contributed by atoms with van der Waals surface area (Å²) < 4.78 is 146. The molecule has 0 aliphatic carbocycles. The maximum Gasteiger partial charge on any atom is 1.00 e. The van der Waals surface area contributed by atoms with E-state index < -0.39 is 71.5 Å². The number of phenols is 1. The number of nitrogen functional groups attached to an aromatic ring is 1. The van der Waals surface area contributed by atoms with Crippen molar-refractivity contribution in [2.24, 2.45) is 30.7 Å². The predicted octanol–water partition coefficient (Wildman–Crippen LogP) is -3.53. The van der Waals surface area contributed by atoms with Gasteiger partial charge in [0.2, 0.25) is 0 Å². The van der Waals surface area contributed by atoms with Crippen LogP contribution in [0, 0.1) is 0 Å². The maximum atomic E-state index is 12.3. The average molecular weight is 1030 g/mol. The van der Waals surface area contributed by atoms with Gasteiger partial charge in [-0.05, 0) is 84.2 Å². The maximum absolute atomic E-state index is 12.3. The second kappa shape index (κ2) is 22.1. The van der Waals surface area contributed by atoms with E-state index in [9.17, 15) is 57.0 Å². The van der Waals surface area contributed by atoms with Crippen molar-refractivity contribution in [3.8, 4) is 5.75 Å². The Hall–Kier alpha value is -3.16. The van der Waals surface area contributed by atoms with Gasteiger partial charge in [-0.3, -0.25) is 0 Å². The predicted molar refractivity (Wildman–Crippen MR) is 226 cm³/mol. The fourth-order valence-electron chi connectivity index (χ4n) is 6.84. The molecule has 8 aromatic rings. The van der Waals surface area contributed by atoms with Gasteiger partial charge in [-0.2, -0.15) is 5.11 Å². The number of rotatable bonds is 10. The van der Waals surface area contributed by atoms with Crippen molar-refractivity contribution in [2.45, 2.75) is 19.6 Å². The number of anilines is 1. The SMILES string of the molecule is Nc1ccc2c(O)c(N=Nc3ccc(N=Nc4ccc(N=Nc5cc(S(=O)(=O)[O-])c6cccc(S(=O)(=O)[O-])c6c5)c5ccccc45)c4cc(S(=O)(=O)[O-])ccc34)c(S(=O)(=O)[O-])cc2c1.[Na+].[Na+].[Na+].[Na+]. The van der Waals surface area contributed by atoms with E-state index in [1.54, 1.807) is 24.3 Å². The molecule has 0 aliphatic heterocycles. The summed E-state index contributed by atoms with van der Waals surface area (Å²) in [5.74, 6) is -0.686. The van der Waals surface area contributed by atoms with Crippen molar-refractivity contribution >= 4 is 123 Å². The van der Waals surface area contributed by atoms with Crippen LogP contribution in [0.5, 0.6) is 5.75 Å². The molecule has 0 radical (unpaired) electrons. The second-order valence-corrected chi connectivity index (χ2v) is 19.1. The van der Waals surface area contributed by atoms with Crippen molar-refractivity contribution in [2.75, 3.05) is 5.73 Å². The Morgan fingerprint density at radius 2 is 0.882 bits per heavy atom. The first-order chi connectivity index (χ1) is 30.1. The number of phenolic OH excluding ortho intramolecular Hbond substituents is 1. The van der Waals surface area contributed by atoms with E-state index in [1.807, 2.05) is 0 Å². The summed E-state index contributed by atoms with van der Waals surface area (Å²) in [6.45, 7) is 0. The monoisotopic (exact) mass is 1030 g/mol. The quantitative estimate of drug-likeness (QED) is 0.0581. The van der Waals surface area contributed by atoms with Gasteiger partial charge in [0.1, 0.15) is 46.2 Å². The number of nitrogens with two attached hydrogens (primary N) is 1. The number of benzene rings is 8. The van der Waals surface area contributed by atoms with Crippen LogP contribution < -0.4 is 124 Å². The Balaban J connectivity index is 0.00000252. The molecule has 0 fully saturated rings. The Bertz CT molecular complexity index is 3910. The minimum atomic E-state index is -5.23. The summed E-state index contributed by atoms with van der Waals surface area (Å²) in [6.07, 6.45) is 0. The Morgan fingerprint density at radius 3 is 1.43 bits per heavy atom. The zero-order chi connectivity index (χ0) is 45.9. The third kappa shape index (κ3) is 12.1. The van der Waals surface area contributed by atoms with Crippen LogP contribution >= 0.6 is 0 Å². The van der Waals surface area contributed by atoms with E-state index in [4.69, 9.17) is 5.73 Å². The van der Waals surface area contributed by atoms with Crippen molar-refractivity contribution in [3.63, 3.8) is 0 Å². The molecule has 0 saturated carbocycles. The van der Waals surface area contributed by atoms with Crippen LogP contribution in [0.1, 0.15) is 0 Å². The zero-order valence-corrected chi connectivity index (χ0v) is 47.1. The fraction of sp³-hybridized carbons (Fsp3) is 0. The molecular formula is C40H23N7Na4O13S4. The molecule has 8 rings (SSSR count). The Kier molecular flexibility index (Phi) is 18.6. The van der Waals surface area contributed by atoms with Crippen molar-refractivity contribution < 1.29 is 175 Å². The van der Waals surface area contributed by atoms with Gasteiger partial charge >= 0.3 is 118 Å². The molecule has 20 nitrogen and oxygen atoms in total. The van der Waals surface area contributed by atoms with Gasteiger partial charge in [0.05, 0.1) is 48.0 Å². The Labute approximate surface area is 475 Å². The van der Waals surface area contributed by atoms with Gasteiger partial charge in [0, 0.05) is 43.4 Å². The van der Waals surface area contributed by atoms with Gasteiger partial charge in [0.15, 0.2) is 5.75 Å². The zero-order valence-electron chi connectivity index (χ0n) is 35.8. The molecule has 0 spiro atoms. The van der Waals surface area contributed by atoms with Gasteiger partial charge in [-0.25, -0.2) is 33.7 Å². The van der Waals surface area contributed by atoms with E-state index in [2.05, 4.69) is 30.7 Å². The van der Waals surface area contributed by atoms with Crippen LogP contribution in [0.2, 0.25) is 0 Å². The average Bonchev–Trinajstić information content (AvgIpc) is 3.22. The third-order valence-corrected chi connectivity index (χ3v) is 13.1. The van der Waals surface area contributed by atoms with Gasteiger partial charge in [-0.15, -0.1) is 25.6 Å². The molecule has 0 heterocycles.